The lowest BCUT2D eigenvalue weighted by atomic mass is 10.0. The molecular weight excluding hydrogens is 311 g/mol. The lowest BCUT2D eigenvalue weighted by Crippen LogP contribution is -2.20. The van der Waals surface area contributed by atoms with Gasteiger partial charge in [0.2, 0.25) is 0 Å². The Balaban J connectivity index is 1.83. The minimum Gasteiger partial charge on any atom is -0.327 e. The third-order valence-corrected chi connectivity index (χ3v) is 4.11. The van der Waals surface area contributed by atoms with Crippen LogP contribution in [0.1, 0.15) is 25.8 Å². The highest BCUT2D eigenvalue weighted by Gasteiger charge is 2.10. The molecule has 0 aromatic heterocycles. The first-order chi connectivity index (χ1) is 12.2. The van der Waals surface area contributed by atoms with Crippen LogP contribution in [0.15, 0.2) is 59.2 Å². The molecule has 126 valence electrons. The number of nitrogens with zero attached hydrogens (tertiary/aromatic N) is 2. The van der Waals surface area contributed by atoms with E-state index in [0.29, 0.717) is 12.2 Å². The maximum Gasteiger partial charge on any atom is 0.131 e. The molecule has 1 aliphatic heterocycles. The first-order valence-corrected chi connectivity index (χ1v) is 8.51. The Morgan fingerprint density at radius 1 is 1.16 bits per heavy atom. The van der Waals surface area contributed by atoms with Gasteiger partial charge in [-0.2, -0.15) is 0 Å². The Morgan fingerprint density at radius 3 is 2.64 bits per heavy atom. The molecule has 2 aromatic carbocycles. The first kappa shape index (κ1) is 17.0. The minimum absolute atomic E-state index is 0.165. The van der Waals surface area contributed by atoms with Crippen molar-refractivity contribution in [3.63, 3.8) is 0 Å². The molecule has 0 radical (unpaired) electrons. The second-order valence-corrected chi connectivity index (χ2v) is 5.99. The summed E-state index contributed by atoms with van der Waals surface area (Å²) in [5, 5.41) is 0. The Labute approximate surface area is 148 Å². The van der Waals surface area contributed by atoms with Gasteiger partial charge in [-0.15, -0.1) is 5.92 Å². The van der Waals surface area contributed by atoms with Gasteiger partial charge in [0.25, 0.3) is 0 Å². The summed E-state index contributed by atoms with van der Waals surface area (Å²) >= 11 is 0. The average Bonchev–Trinajstić information content (AvgIpc) is 2.63. The summed E-state index contributed by atoms with van der Waals surface area (Å²) in [6.07, 6.45) is 5.69. The maximum atomic E-state index is 14.4. The fourth-order valence-corrected chi connectivity index (χ4v) is 2.90. The van der Waals surface area contributed by atoms with E-state index in [1.807, 2.05) is 54.4 Å². The van der Waals surface area contributed by atoms with Gasteiger partial charge in [-0.05, 0) is 42.7 Å². The van der Waals surface area contributed by atoms with Crippen molar-refractivity contribution in [3.05, 3.63) is 65.6 Å². The monoisotopic (exact) mass is 332 g/mol. The molecule has 1 aliphatic rings. The predicted molar refractivity (Wildman–Crippen MR) is 103 cm³/mol. The molecule has 0 amide bonds. The van der Waals surface area contributed by atoms with E-state index < -0.39 is 0 Å². The zero-order valence-electron chi connectivity index (χ0n) is 14.6. The fourth-order valence-electron chi connectivity index (χ4n) is 2.90. The van der Waals surface area contributed by atoms with Crippen LogP contribution in [0.5, 0.6) is 0 Å². The predicted octanol–water partition coefficient (Wildman–Crippen LogP) is 5.20. The summed E-state index contributed by atoms with van der Waals surface area (Å²) in [5.41, 5.74) is 4.45. The maximum absolute atomic E-state index is 14.4. The zero-order chi connectivity index (χ0) is 17.6. The summed E-state index contributed by atoms with van der Waals surface area (Å²) in [6.45, 7) is 4.47. The zero-order valence-corrected chi connectivity index (χ0v) is 14.6. The van der Waals surface area contributed by atoms with Crippen molar-refractivity contribution in [2.75, 3.05) is 11.6 Å². The molecule has 0 aliphatic carbocycles. The van der Waals surface area contributed by atoms with E-state index in [2.05, 4.69) is 23.8 Å². The molecule has 25 heavy (non-hydrogen) atoms. The molecule has 0 saturated heterocycles. The quantitative estimate of drug-likeness (QED) is 0.703. The molecular formula is C22H21FN2. The van der Waals surface area contributed by atoms with Gasteiger partial charge in [-0.3, -0.25) is 4.99 Å². The number of allylic oxidation sites excluding steroid dienone is 1. The van der Waals surface area contributed by atoms with Crippen molar-refractivity contribution in [1.82, 2.24) is 0 Å². The fraction of sp³-hybridized carbons (Fsp3) is 0.227. The van der Waals surface area contributed by atoms with Gasteiger partial charge in [0.15, 0.2) is 0 Å². The number of hydrogen-bond donors (Lipinski definition) is 0. The van der Waals surface area contributed by atoms with Crippen LogP contribution < -0.4 is 4.90 Å². The van der Waals surface area contributed by atoms with Crippen LogP contribution in [0, 0.1) is 17.7 Å². The van der Waals surface area contributed by atoms with E-state index in [0.717, 1.165) is 35.2 Å². The van der Waals surface area contributed by atoms with Gasteiger partial charge in [0.05, 0.1) is 5.57 Å². The molecule has 2 nitrogen and oxygen atoms in total. The van der Waals surface area contributed by atoms with Crippen LogP contribution in [-0.2, 0) is 6.42 Å². The minimum atomic E-state index is -0.165. The second-order valence-electron chi connectivity index (χ2n) is 5.99. The Kier molecular flexibility index (Phi) is 5.30. The average molecular weight is 332 g/mol. The summed E-state index contributed by atoms with van der Waals surface area (Å²) in [6, 6.07) is 13.4. The Morgan fingerprint density at radius 2 is 1.96 bits per heavy atom. The summed E-state index contributed by atoms with van der Waals surface area (Å²) < 4.78 is 14.4. The standard InChI is InChI=1S/C22H21FN2/c1-3-5-17-7-12-21(22(23)13-17)19-8-10-20(11-9-19)25-15-18(6-4-2)14-24-16-25/h7-15H,3,5,16H2,1-2H3. The van der Waals surface area contributed by atoms with E-state index in [-0.39, 0.29) is 5.82 Å². The molecule has 3 rings (SSSR count). The molecule has 2 aromatic rings. The van der Waals surface area contributed by atoms with Gasteiger partial charge in [-0.1, -0.05) is 43.5 Å². The summed E-state index contributed by atoms with van der Waals surface area (Å²) in [4.78, 5) is 6.36. The van der Waals surface area contributed by atoms with Crippen LogP contribution in [0.25, 0.3) is 11.1 Å². The molecule has 0 unspecified atom stereocenters. The van der Waals surface area contributed by atoms with Crippen LogP contribution in [0.3, 0.4) is 0 Å². The first-order valence-electron chi connectivity index (χ1n) is 8.51. The van der Waals surface area contributed by atoms with Crippen molar-refractivity contribution in [2.45, 2.75) is 26.7 Å². The number of anilines is 1. The molecule has 0 atom stereocenters. The highest BCUT2D eigenvalue weighted by molar-refractivity contribution is 5.86. The van der Waals surface area contributed by atoms with Crippen molar-refractivity contribution in [2.24, 2.45) is 4.99 Å². The van der Waals surface area contributed by atoms with Gasteiger partial charge in [0.1, 0.15) is 12.5 Å². The third-order valence-electron chi connectivity index (χ3n) is 4.11. The van der Waals surface area contributed by atoms with E-state index >= 15 is 0 Å². The molecule has 0 saturated carbocycles. The number of rotatable bonds is 4. The largest absolute Gasteiger partial charge is 0.327 e. The second kappa shape index (κ2) is 7.81. The third kappa shape index (κ3) is 3.97. The Bertz CT molecular complexity index is 867. The van der Waals surface area contributed by atoms with Crippen molar-refractivity contribution in [1.29, 1.82) is 0 Å². The number of halogens is 1. The number of hydrogen-bond acceptors (Lipinski definition) is 2. The lowest BCUT2D eigenvalue weighted by molar-refractivity contribution is 0.628. The molecule has 0 N–H and O–H groups in total. The van der Waals surface area contributed by atoms with Crippen molar-refractivity contribution < 1.29 is 4.39 Å². The van der Waals surface area contributed by atoms with Crippen molar-refractivity contribution >= 4 is 11.9 Å². The van der Waals surface area contributed by atoms with E-state index in [1.165, 1.54) is 0 Å². The topological polar surface area (TPSA) is 15.6 Å². The number of aliphatic imine (C=N–C) groups is 1. The van der Waals surface area contributed by atoms with Gasteiger partial charge >= 0.3 is 0 Å². The number of aryl methyl sites for hydroxylation is 1. The number of benzene rings is 2. The smallest absolute Gasteiger partial charge is 0.131 e. The van der Waals surface area contributed by atoms with Crippen LogP contribution in [-0.4, -0.2) is 12.9 Å². The molecule has 0 spiro atoms. The van der Waals surface area contributed by atoms with Gasteiger partial charge in [-0.25, -0.2) is 4.39 Å². The van der Waals surface area contributed by atoms with Crippen LogP contribution in [0.2, 0.25) is 0 Å². The molecule has 3 heteroatoms. The van der Waals surface area contributed by atoms with E-state index in [4.69, 9.17) is 0 Å². The highest BCUT2D eigenvalue weighted by Crippen LogP contribution is 2.27. The van der Waals surface area contributed by atoms with E-state index in [1.54, 1.807) is 12.3 Å². The Hall–Kier alpha value is -2.86. The molecule has 1 heterocycles. The molecule has 0 fully saturated rings. The SMILES string of the molecule is CC#CC1=CN(c2ccc(-c3ccc(CCC)cc3F)cc2)CN=C1. The molecule has 0 bridgehead atoms. The van der Waals surface area contributed by atoms with Gasteiger partial charge in [0, 0.05) is 23.7 Å². The lowest BCUT2D eigenvalue weighted by Gasteiger charge is -2.21. The summed E-state index contributed by atoms with van der Waals surface area (Å²) in [5.74, 6) is 5.73. The highest BCUT2D eigenvalue weighted by atomic mass is 19.1. The van der Waals surface area contributed by atoms with Crippen LogP contribution >= 0.6 is 0 Å². The van der Waals surface area contributed by atoms with Gasteiger partial charge < -0.3 is 4.90 Å². The van der Waals surface area contributed by atoms with Crippen molar-refractivity contribution in [3.8, 4) is 23.0 Å². The van der Waals surface area contributed by atoms with Crippen LogP contribution in [0.4, 0.5) is 10.1 Å². The normalized spacial score (nSPS) is 13.2. The summed E-state index contributed by atoms with van der Waals surface area (Å²) in [7, 11) is 0. The van der Waals surface area contributed by atoms with E-state index in [9.17, 15) is 4.39 Å².